The lowest BCUT2D eigenvalue weighted by molar-refractivity contribution is -0.138. The van der Waals surface area contributed by atoms with E-state index < -0.39 is 5.97 Å². The molecule has 2 amide bonds. The van der Waals surface area contributed by atoms with E-state index in [1.807, 2.05) is 9.80 Å². The van der Waals surface area contributed by atoms with E-state index in [1.54, 1.807) is 0 Å². The Hall–Kier alpha value is -1.26. The maximum atomic E-state index is 12.6. The third kappa shape index (κ3) is 4.61. The Morgan fingerprint density at radius 1 is 1.05 bits per heavy atom. The number of carboxylic acids is 1. The third-order valence-electron chi connectivity index (χ3n) is 4.96. The first-order valence-corrected chi connectivity index (χ1v) is 8.13. The second-order valence-corrected chi connectivity index (χ2v) is 7.32. The van der Waals surface area contributed by atoms with Crippen molar-refractivity contribution in [3.8, 4) is 0 Å². The summed E-state index contributed by atoms with van der Waals surface area (Å²) in [5, 5.41) is 8.84. The van der Waals surface area contributed by atoms with Gasteiger partial charge in [-0.05, 0) is 43.4 Å². The Bertz CT molecular complexity index is 387. The number of rotatable bonds is 2. The minimum Gasteiger partial charge on any atom is -0.481 e. The Morgan fingerprint density at radius 3 is 2.29 bits per heavy atom. The average Bonchev–Trinajstić information content (AvgIpc) is 2.59. The number of likely N-dealkylation sites (tertiary alicyclic amines) is 2. The van der Waals surface area contributed by atoms with E-state index in [-0.39, 0.29) is 18.4 Å². The molecule has 5 nitrogen and oxygen atoms in total. The molecule has 2 aliphatic heterocycles. The number of urea groups is 1. The van der Waals surface area contributed by atoms with Crippen molar-refractivity contribution >= 4 is 12.0 Å². The molecule has 0 saturated carbocycles. The second-order valence-electron chi connectivity index (χ2n) is 7.32. The Morgan fingerprint density at radius 2 is 1.67 bits per heavy atom. The van der Waals surface area contributed by atoms with Crippen LogP contribution in [0, 0.1) is 11.3 Å². The number of aliphatic carboxylic acids is 1. The van der Waals surface area contributed by atoms with Crippen LogP contribution < -0.4 is 0 Å². The fraction of sp³-hybridized carbons (Fsp3) is 0.875. The van der Waals surface area contributed by atoms with E-state index >= 15 is 0 Å². The minimum atomic E-state index is -0.727. The van der Waals surface area contributed by atoms with Gasteiger partial charge in [-0.2, -0.15) is 0 Å². The Balaban J connectivity index is 1.83. The van der Waals surface area contributed by atoms with Crippen LogP contribution in [0.4, 0.5) is 4.79 Å². The van der Waals surface area contributed by atoms with Crippen LogP contribution in [0.15, 0.2) is 0 Å². The number of carboxylic acid groups (broad SMARTS) is 1. The summed E-state index contributed by atoms with van der Waals surface area (Å²) in [5.74, 6) is -0.496. The van der Waals surface area contributed by atoms with Crippen LogP contribution in [0.3, 0.4) is 0 Å². The number of carbonyl (C=O) groups excluding carboxylic acids is 1. The summed E-state index contributed by atoms with van der Waals surface area (Å²) < 4.78 is 0. The van der Waals surface area contributed by atoms with Crippen LogP contribution in [0.1, 0.15) is 52.4 Å². The summed E-state index contributed by atoms with van der Waals surface area (Å²) >= 11 is 0. The number of hydrogen-bond donors (Lipinski definition) is 1. The van der Waals surface area contributed by atoms with Crippen molar-refractivity contribution in [1.82, 2.24) is 9.80 Å². The molecule has 2 fully saturated rings. The highest BCUT2D eigenvalue weighted by Gasteiger charge is 2.30. The van der Waals surface area contributed by atoms with Gasteiger partial charge >= 0.3 is 12.0 Å². The van der Waals surface area contributed by atoms with E-state index in [1.165, 1.54) is 6.42 Å². The third-order valence-corrected chi connectivity index (χ3v) is 4.96. The summed E-state index contributed by atoms with van der Waals surface area (Å²) in [6.07, 6.45) is 5.19. The van der Waals surface area contributed by atoms with Gasteiger partial charge in [0.05, 0.1) is 0 Å². The van der Waals surface area contributed by atoms with Crippen LogP contribution >= 0.6 is 0 Å². The molecular formula is C16H28N2O3. The average molecular weight is 296 g/mol. The smallest absolute Gasteiger partial charge is 0.319 e. The summed E-state index contributed by atoms with van der Waals surface area (Å²) in [6, 6.07) is 0.154. The largest absolute Gasteiger partial charge is 0.481 e. The molecule has 0 radical (unpaired) electrons. The fourth-order valence-electron chi connectivity index (χ4n) is 3.39. The predicted molar refractivity (Wildman–Crippen MR) is 81.2 cm³/mol. The van der Waals surface area contributed by atoms with Gasteiger partial charge in [-0.25, -0.2) is 4.79 Å². The molecule has 5 heteroatoms. The zero-order valence-corrected chi connectivity index (χ0v) is 13.3. The molecule has 2 aliphatic rings. The van der Waals surface area contributed by atoms with Crippen molar-refractivity contribution in [3.05, 3.63) is 0 Å². The molecule has 2 rings (SSSR count). The summed E-state index contributed by atoms with van der Waals surface area (Å²) in [6.45, 7) is 7.67. The summed E-state index contributed by atoms with van der Waals surface area (Å²) in [7, 11) is 0. The number of carbonyl (C=O) groups is 2. The van der Waals surface area contributed by atoms with Crippen molar-refractivity contribution in [1.29, 1.82) is 0 Å². The highest BCUT2D eigenvalue weighted by Crippen LogP contribution is 2.30. The maximum absolute atomic E-state index is 12.6. The zero-order chi connectivity index (χ0) is 15.5. The van der Waals surface area contributed by atoms with Crippen LogP contribution in [0.25, 0.3) is 0 Å². The molecule has 0 aliphatic carbocycles. The van der Waals surface area contributed by atoms with E-state index in [0.717, 1.165) is 38.8 Å². The normalized spacial score (nSPS) is 23.7. The SMILES string of the molecule is CC1(C)CCCN(C(=O)N2CCC(CC(=O)O)CC2)CC1. The quantitative estimate of drug-likeness (QED) is 0.852. The van der Waals surface area contributed by atoms with Gasteiger partial charge in [0.15, 0.2) is 0 Å². The molecule has 0 bridgehead atoms. The molecule has 0 aromatic carbocycles. The number of nitrogens with zero attached hydrogens (tertiary/aromatic N) is 2. The molecule has 0 spiro atoms. The van der Waals surface area contributed by atoms with Gasteiger partial charge in [-0.1, -0.05) is 13.8 Å². The van der Waals surface area contributed by atoms with Gasteiger partial charge in [0.1, 0.15) is 0 Å². The highest BCUT2D eigenvalue weighted by molar-refractivity contribution is 5.74. The van der Waals surface area contributed by atoms with E-state index in [2.05, 4.69) is 13.8 Å². The minimum absolute atomic E-state index is 0.154. The van der Waals surface area contributed by atoms with Crippen molar-refractivity contribution in [3.63, 3.8) is 0 Å². The van der Waals surface area contributed by atoms with Gasteiger partial charge in [-0.15, -0.1) is 0 Å². The molecule has 2 saturated heterocycles. The van der Waals surface area contributed by atoms with E-state index in [9.17, 15) is 9.59 Å². The molecule has 0 unspecified atom stereocenters. The fourth-order valence-corrected chi connectivity index (χ4v) is 3.39. The Kier molecular flexibility index (Phi) is 5.12. The molecule has 0 aromatic heterocycles. The molecular weight excluding hydrogens is 268 g/mol. The molecule has 1 N–H and O–H groups in total. The lowest BCUT2D eigenvalue weighted by Crippen LogP contribution is -2.47. The molecule has 0 atom stereocenters. The van der Waals surface area contributed by atoms with Crippen LogP contribution in [-0.2, 0) is 4.79 Å². The van der Waals surface area contributed by atoms with Gasteiger partial charge in [-0.3, -0.25) is 4.79 Å². The predicted octanol–water partition coefficient (Wildman–Crippen LogP) is 2.81. The Labute approximate surface area is 127 Å². The molecule has 2 heterocycles. The monoisotopic (exact) mass is 296 g/mol. The van der Waals surface area contributed by atoms with E-state index in [4.69, 9.17) is 5.11 Å². The van der Waals surface area contributed by atoms with Crippen molar-refractivity contribution in [2.75, 3.05) is 26.2 Å². The lowest BCUT2D eigenvalue weighted by Gasteiger charge is -2.35. The first-order chi connectivity index (χ1) is 9.87. The zero-order valence-electron chi connectivity index (χ0n) is 13.3. The lowest BCUT2D eigenvalue weighted by atomic mass is 9.85. The number of hydrogen-bond acceptors (Lipinski definition) is 2. The topological polar surface area (TPSA) is 60.9 Å². The van der Waals surface area contributed by atoms with Gasteiger partial charge in [0, 0.05) is 32.6 Å². The highest BCUT2D eigenvalue weighted by atomic mass is 16.4. The standard InChI is InChI=1S/C16H28N2O3/c1-16(2)6-3-8-17(11-7-16)15(21)18-9-4-13(5-10-18)12-14(19)20/h13H,3-12H2,1-2H3,(H,19,20). The molecule has 0 aromatic rings. The molecule has 120 valence electrons. The maximum Gasteiger partial charge on any atom is 0.319 e. The molecule has 21 heavy (non-hydrogen) atoms. The second kappa shape index (κ2) is 6.67. The van der Waals surface area contributed by atoms with Crippen molar-refractivity contribution < 1.29 is 14.7 Å². The van der Waals surface area contributed by atoms with Gasteiger partial charge in [0.2, 0.25) is 0 Å². The first-order valence-electron chi connectivity index (χ1n) is 8.13. The first kappa shape index (κ1) is 16.1. The summed E-state index contributed by atoms with van der Waals surface area (Å²) in [5.41, 5.74) is 0.337. The summed E-state index contributed by atoms with van der Waals surface area (Å²) in [4.78, 5) is 27.2. The van der Waals surface area contributed by atoms with Crippen molar-refractivity contribution in [2.45, 2.75) is 52.4 Å². The van der Waals surface area contributed by atoms with Crippen molar-refractivity contribution in [2.24, 2.45) is 11.3 Å². The van der Waals surface area contributed by atoms with Gasteiger partial charge in [0.25, 0.3) is 0 Å². The van der Waals surface area contributed by atoms with Gasteiger partial charge < -0.3 is 14.9 Å². The number of piperidine rings is 1. The number of amides is 2. The van der Waals surface area contributed by atoms with E-state index in [0.29, 0.717) is 18.5 Å². The van der Waals surface area contributed by atoms with Crippen LogP contribution in [-0.4, -0.2) is 53.1 Å². The van der Waals surface area contributed by atoms with Crippen LogP contribution in [0.5, 0.6) is 0 Å². The van der Waals surface area contributed by atoms with Crippen LogP contribution in [0.2, 0.25) is 0 Å².